The van der Waals surface area contributed by atoms with Gasteiger partial charge in [0.05, 0.1) is 20.3 Å². The van der Waals surface area contributed by atoms with Gasteiger partial charge in [0.2, 0.25) is 0 Å². The van der Waals surface area contributed by atoms with E-state index in [1.807, 2.05) is 0 Å². The molecule has 0 aromatic heterocycles. The van der Waals surface area contributed by atoms with Gasteiger partial charge in [-0.15, -0.1) is 0 Å². The molecular weight excluding hydrogens is 234 g/mol. The fourth-order valence-corrected chi connectivity index (χ4v) is 1.83. The number of ether oxygens (including phenoxy) is 3. The summed E-state index contributed by atoms with van der Waals surface area (Å²) in [6, 6.07) is -0.107. The molecule has 0 heterocycles. The van der Waals surface area contributed by atoms with E-state index in [9.17, 15) is 4.79 Å². The van der Waals surface area contributed by atoms with E-state index in [1.165, 1.54) is 7.11 Å². The second-order valence-electron chi connectivity index (χ2n) is 4.60. The van der Waals surface area contributed by atoms with Gasteiger partial charge in [-0.2, -0.15) is 0 Å². The third-order valence-corrected chi connectivity index (χ3v) is 3.06. The second kappa shape index (κ2) is 9.30. The first-order valence-electron chi connectivity index (χ1n) is 6.67. The lowest BCUT2D eigenvalue weighted by Gasteiger charge is -2.15. The van der Waals surface area contributed by atoms with Crippen molar-refractivity contribution in [1.29, 1.82) is 0 Å². The summed E-state index contributed by atoms with van der Waals surface area (Å²) in [5, 5.41) is 3.28. The molecule has 1 aliphatic carbocycles. The Morgan fingerprint density at radius 2 is 2.00 bits per heavy atom. The lowest BCUT2D eigenvalue weighted by molar-refractivity contribution is -0.143. The maximum absolute atomic E-state index is 11.5. The number of nitrogens with one attached hydrogen (secondary N) is 1. The Balaban J connectivity index is 1.96. The van der Waals surface area contributed by atoms with Gasteiger partial charge in [0, 0.05) is 13.7 Å². The van der Waals surface area contributed by atoms with Crippen LogP contribution in [0.4, 0.5) is 0 Å². The van der Waals surface area contributed by atoms with Crippen molar-refractivity contribution < 1.29 is 19.0 Å². The summed E-state index contributed by atoms with van der Waals surface area (Å²) >= 11 is 0. The van der Waals surface area contributed by atoms with Crippen LogP contribution in [0, 0.1) is 5.92 Å². The Hall–Kier alpha value is -0.650. The van der Waals surface area contributed by atoms with Crippen LogP contribution in [-0.4, -0.2) is 52.6 Å². The van der Waals surface area contributed by atoms with Gasteiger partial charge in [0.15, 0.2) is 0 Å². The smallest absolute Gasteiger partial charge is 0.323 e. The first kappa shape index (κ1) is 15.4. The maximum atomic E-state index is 11.5. The van der Waals surface area contributed by atoms with Gasteiger partial charge in [0.25, 0.3) is 0 Å². The van der Waals surface area contributed by atoms with Gasteiger partial charge in [-0.1, -0.05) is 0 Å². The van der Waals surface area contributed by atoms with E-state index < -0.39 is 0 Å². The minimum absolute atomic E-state index is 0.107. The average molecular weight is 259 g/mol. The Bertz CT molecular complexity index is 231. The maximum Gasteiger partial charge on any atom is 0.323 e. The fourth-order valence-electron chi connectivity index (χ4n) is 1.83. The predicted octanol–water partition coefficient (Wildman–Crippen LogP) is 0.971. The van der Waals surface area contributed by atoms with Crippen LogP contribution in [0.5, 0.6) is 0 Å². The van der Waals surface area contributed by atoms with Crippen molar-refractivity contribution in [3.05, 3.63) is 0 Å². The normalized spacial score (nSPS) is 16.6. The number of rotatable bonds is 11. The molecule has 1 rings (SSSR count). The van der Waals surface area contributed by atoms with Gasteiger partial charge in [0.1, 0.15) is 6.04 Å². The summed E-state index contributed by atoms with van der Waals surface area (Å²) in [6.45, 7) is 2.88. The molecule has 1 saturated carbocycles. The highest BCUT2D eigenvalue weighted by Gasteiger charge is 2.36. The number of carbonyl (C=O) groups is 1. The monoisotopic (exact) mass is 259 g/mol. The number of methoxy groups -OCH3 is 2. The summed E-state index contributed by atoms with van der Waals surface area (Å²) in [7, 11) is 3.11. The molecule has 0 spiro atoms. The molecule has 1 atom stereocenters. The number of hydrogen-bond donors (Lipinski definition) is 1. The Labute approximate surface area is 109 Å². The summed E-state index contributed by atoms with van der Waals surface area (Å²) in [4.78, 5) is 11.5. The quantitative estimate of drug-likeness (QED) is 0.442. The van der Waals surface area contributed by atoms with Crippen LogP contribution in [0.3, 0.4) is 0 Å². The van der Waals surface area contributed by atoms with E-state index >= 15 is 0 Å². The van der Waals surface area contributed by atoms with E-state index in [0.29, 0.717) is 19.1 Å². The van der Waals surface area contributed by atoms with Crippen LogP contribution in [0.1, 0.15) is 25.7 Å². The number of carbonyl (C=O) groups excluding carboxylic acids is 1. The van der Waals surface area contributed by atoms with Gasteiger partial charge in [-0.3, -0.25) is 4.79 Å². The van der Waals surface area contributed by atoms with Crippen molar-refractivity contribution in [2.45, 2.75) is 31.7 Å². The molecule has 1 N–H and O–H groups in total. The van der Waals surface area contributed by atoms with Gasteiger partial charge >= 0.3 is 5.97 Å². The van der Waals surface area contributed by atoms with Crippen molar-refractivity contribution in [3.8, 4) is 0 Å². The molecule has 0 radical (unpaired) electrons. The van der Waals surface area contributed by atoms with Crippen molar-refractivity contribution >= 4 is 5.97 Å². The van der Waals surface area contributed by atoms with Crippen LogP contribution in [0.15, 0.2) is 0 Å². The zero-order valence-corrected chi connectivity index (χ0v) is 11.4. The third-order valence-electron chi connectivity index (χ3n) is 3.06. The van der Waals surface area contributed by atoms with E-state index in [0.717, 1.165) is 38.8 Å². The first-order valence-corrected chi connectivity index (χ1v) is 6.67. The molecule has 0 aromatic carbocycles. The molecule has 0 aliphatic heterocycles. The van der Waals surface area contributed by atoms with E-state index in [4.69, 9.17) is 14.2 Å². The molecule has 0 aromatic rings. The molecule has 0 amide bonds. The largest absolute Gasteiger partial charge is 0.468 e. The SMILES string of the molecule is COCCOCCCCNC(C(=O)OC)C1CC1. The number of esters is 1. The van der Waals surface area contributed by atoms with Crippen LogP contribution >= 0.6 is 0 Å². The summed E-state index contributed by atoms with van der Waals surface area (Å²) in [5.41, 5.74) is 0. The minimum Gasteiger partial charge on any atom is -0.468 e. The third kappa shape index (κ3) is 6.33. The molecule has 1 unspecified atom stereocenters. The second-order valence-corrected chi connectivity index (χ2v) is 4.60. The summed E-state index contributed by atoms with van der Waals surface area (Å²) in [5.74, 6) is 0.351. The zero-order chi connectivity index (χ0) is 13.2. The molecule has 1 fully saturated rings. The van der Waals surface area contributed by atoms with Crippen LogP contribution < -0.4 is 5.32 Å². The highest BCUT2D eigenvalue weighted by atomic mass is 16.5. The van der Waals surface area contributed by atoms with Gasteiger partial charge in [-0.25, -0.2) is 0 Å². The van der Waals surface area contributed by atoms with E-state index in [1.54, 1.807) is 7.11 Å². The Morgan fingerprint density at radius 1 is 1.22 bits per heavy atom. The molecular formula is C13H25NO4. The highest BCUT2D eigenvalue weighted by Crippen LogP contribution is 2.33. The first-order chi connectivity index (χ1) is 8.79. The molecule has 18 heavy (non-hydrogen) atoms. The van der Waals surface area contributed by atoms with Gasteiger partial charge < -0.3 is 19.5 Å². The summed E-state index contributed by atoms with van der Waals surface area (Å²) in [6.07, 6.45) is 4.27. The predicted molar refractivity (Wildman–Crippen MR) is 68.5 cm³/mol. The lowest BCUT2D eigenvalue weighted by atomic mass is 10.2. The summed E-state index contributed by atoms with van der Waals surface area (Å²) < 4.78 is 15.0. The van der Waals surface area contributed by atoms with Crippen LogP contribution in [0.25, 0.3) is 0 Å². The molecule has 0 saturated heterocycles. The molecule has 5 heteroatoms. The Morgan fingerprint density at radius 3 is 2.61 bits per heavy atom. The lowest BCUT2D eigenvalue weighted by Crippen LogP contribution is -2.40. The zero-order valence-electron chi connectivity index (χ0n) is 11.4. The molecule has 106 valence electrons. The van der Waals surface area contributed by atoms with E-state index in [-0.39, 0.29) is 12.0 Å². The average Bonchev–Trinajstić information content (AvgIpc) is 3.20. The van der Waals surface area contributed by atoms with E-state index in [2.05, 4.69) is 5.32 Å². The minimum atomic E-state index is -0.131. The Kier molecular flexibility index (Phi) is 7.96. The number of hydrogen-bond acceptors (Lipinski definition) is 5. The van der Waals surface area contributed by atoms with Crippen LogP contribution in [-0.2, 0) is 19.0 Å². The van der Waals surface area contributed by atoms with Crippen LogP contribution in [0.2, 0.25) is 0 Å². The molecule has 5 nitrogen and oxygen atoms in total. The van der Waals surface area contributed by atoms with Gasteiger partial charge in [-0.05, 0) is 38.1 Å². The fraction of sp³-hybridized carbons (Fsp3) is 0.923. The molecule has 1 aliphatic rings. The standard InChI is InChI=1S/C13H25NO4/c1-16-9-10-18-8-4-3-7-14-12(11-5-6-11)13(15)17-2/h11-12,14H,3-10H2,1-2H3. The van der Waals surface area contributed by atoms with Crippen molar-refractivity contribution in [3.63, 3.8) is 0 Å². The number of unbranched alkanes of at least 4 members (excludes halogenated alkanes) is 1. The highest BCUT2D eigenvalue weighted by molar-refractivity contribution is 5.76. The molecule has 0 bridgehead atoms. The topological polar surface area (TPSA) is 56.8 Å². The van der Waals surface area contributed by atoms with Crippen molar-refractivity contribution in [2.75, 3.05) is 40.6 Å². The van der Waals surface area contributed by atoms with Crippen molar-refractivity contribution in [1.82, 2.24) is 5.32 Å². The van der Waals surface area contributed by atoms with Crippen molar-refractivity contribution in [2.24, 2.45) is 5.92 Å².